The van der Waals surface area contributed by atoms with Crippen molar-refractivity contribution in [2.24, 2.45) is 0 Å². The van der Waals surface area contributed by atoms with Crippen molar-refractivity contribution in [2.75, 3.05) is 27.4 Å². The van der Waals surface area contributed by atoms with Gasteiger partial charge in [0.2, 0.25) is 0 Å². The van der Waals surface area contributed by atoms with Crippen LogP contribution in [0.2, 0.25) is 19.6 Å². The molecule has 1 aromatic carbocycles. The van der Waals surface area contributed by atoms with E-state index in [2.05, 4.69) is 33.1 Å². The van der Waals surface area contributed by atoms with Crippen molar-refractivity contribution < 1.29 is 28.5 Å². The van der Waals surface area contributed by atoms with Crippen molar-refractivity contribution in [3.63, 3.8) is 0 Å². The van der Waals surface area contributed by atoms with E-state index in [9.17, 15) is 0 Å². The zero-order valence-corrected chi connectivity index (χ0v) is 23.2. The summed E-state index contributed by atoms with van der Waals surface area (Å²) in [5.41, 5.74) is 1.71. The fourth-order valence-electron chi connectivity index (χ4n) is 4.79. The lowest BCUT2D eigenvalue weighted by molar-refractivity contribution is -0.343. The molecule has 0 unspecified atom stereocenters. The van der Waals surface area contributed by atoms with Gasteiger partial charge < -0.3 is 28.5 Å². The fraction of sp³-hybridized carbons (Fsp3) is 0.704. The van der Waals surface area contributed by atoms with Gasteiger partial charge >= 0.3 is 0 Å². The van der Waals surface area contributed by atoms with E-state index in [-0.39, 0.29) is 12.7 Å². The van der Waals surface area contributed by atoms with Gasteiger partial charge in [0.05, 0.1) is 19.8 Å². The van der Waals surface area contributed by atoms with Gasteiger partial charge in [0, 0.05) is 26.7 Å². The molecule has 0 radical (unpaired) electrons. The Morgan fingerprint density at radius 1 is 1.18 bits per heavy atom. The number of hydrogen-bond donors (Lipinski definition) is 1. The molecule has 1 aromatic rings. The second-order valence-corrected chi connectivity index (χ2v) is 14.9. The molecule has 1 fully saturated rings. The summed E-state index contributed by atoms with van der Waals surface area (Å²) >= 11 is 0. The number of rotatable bonds is 15. The number of aliphatic hydroxyl groups excluding tert-OH is 1. The van der Waals surface area contributed by atoms with E-state index in [0.717, 1.165) is 55.4 Å². The Morgan fingerprint density at radius 2 is 1.88 bits per heavy atom. The number of methoxy groups -OCH3 is 2. The van der Waals surface area contributed by atoms with Crippen molar-refractivity contribution in [1.29, 1.82) is 0 Å². The minimum absolute atomic E-state index is 0.0321. The largest absolute Gasteiger partial charge is 0.497 e. The van der Waals surface area contributed by atoms with Crippen molar-refractivity contribution in [1.82, 2.24) is 0 Å². The summed E-state index contributed by atoms with van der Waals surface area (Å²) in [4.78, 5) is 0. The molecule has 1 saturated heterocycles. The Balaban J connectivity index is 2.02. The Kier molecular flexibility index (Phi) is 11.3. The molecular formula is C27H46O6Si. The smallest absolute Gasteiger partial charge is 0.196 e. The molecule has 1 aliphatic heterocycles. The molecule has 0 aromatic heterocycles. The second kappa shape index (κ2) is 13.2. The molecule has 1 heterocycles. The minimum atomic E-state index is -1.85. The van der Waals surface area contributed by atoms with Crippen LogP contribution in [-0.4, -0.2) is 58.3 Å². The molecule has 1 aliphatic rings. The lowest BCUT2D eigenvalue weighted by atomic mass is 9.81. The quantitative estimate of drug-likeness (QED) is 0.188. The summed E-state index contributed by atoms with van der Waals surface area (Å²) in [7, 11) is 1.55. The van der Waals surface area contributed by atoms with Gasteiger partial charge in [-0.3, -0.25) is 0 Å². The lowest BCUT2D eigenvalue weighted by Crippen LogP contribution is -2.64. The van der Waals surface area contributed by atoms with Gasteiger partial charge in [-0.2, -0.15) is 0 Å². The standard InChI is InChI=1S/C27H46O6Si/c1-22(10-8-18-28)20-25-15-17-26(2,33-34(5,6)7)27(30-4,32-25)16-9-19-31-21-23-11-13-24(29-3)14-12-23/h11-14,25,28H,1,8-10,15-21H2,2-7H3/t25-,26+,27-/m0/s1. The summed E-state index contributed by atoms with van der Waals surface area (Å²) in [6.07, 6.45) is 5.63. The summed E-state index contributed by atoms with van der Waals surface area (Å²) in [5.74, 6) is 0.00669. The van der Waals surface area contributed by atoms with Crippen molar-refractivity contribution in [2.45, 2.75) is 95.6 Å². The first-order valence-corrected chi connectivity index (χ1v) is 15.9. The molecule has 0 amide bonds. The van der Waals surface area contributed by atoms with Crippen LogP contribution in [-0.2, 0) is 25.2 Å². The molecule has 3 atom stereocenters. The van der Waals surface area contributed by atoms with Crippen LogP contribution in [0.15, 0.2) is 36.4 Å². The molecular weight excluding hydrogens is 448 g/mol. The van der Waals surface area contributed by atoms with Crippen LogP contribution in [0.4, 0.5) is 0 Å². The maximum atomic E-state index is 9.13. The van der Waals surface area contributed by atoms with Gasteiger partial charge in [-0.1, -0.05) is 24.3 Å². The molecule has 2 rings (SSSR count). The van der Waals surface area contributed by atoms with Gasteiger partial charge in [-0.15, -0.1) is 0 Å². The van der Waals surface area contributed by atoms with Crippen LogP contribution < -0.4 is 4.74 Å². The average Bonchev–Trinajstić information content (AvgIpc) is 2.78. The zero-order chi connectivity index (χ0) is 25.2. The predicted molar refractivity (Wildman–Crippen MR) is 139 cm³/mol. The third-order valence-electron chi connectivity index (χ3n) is 6.39. The van der Waals surface area contributed by atoms with Crippen LogP contribution in [0.3, 0.4) is 0 Å². The van der Waals surface area contributed by atoms with Gasteiger partial charge in [0.1, 0.15) is 11.4 Å². The highest BCUT2D eigenvalue weighted by atomic mass is 28.4. The van der Waals surface area contributed by atoms with Gasteiger partial charge in [0.25, 0.3) is 0 Å². The van der Waals surface area contributed by atoms with Crippen LogP contribution in [0, 0.1) is 0 Å². The van der Waals surface area contributed by atoms with Crippen LogP contribution in [0.25, 0.3) is 0 Å². The maximum Gasteiger partial charge on any atom is 0.196 e. The Labute approximate surface area is 207 Å². The number of hydrogen-bond acceptors (Lipinski definition) is 6. The average molecular weight is 495 g/mol. The molecule has 7 heteroatoms. The van der Waals surface area contributed by atoms with Crippen molar-refractivity contribution in [3.05, 3.63) is 42.0 Å². The zero-order valence-electron chi connectivity index (χ0n) is 22.2. The monoisotopic (exact) mass is 494 g/mol. The highest BCUT2D eigenvalue weighted by molar-refractivity contribution is 6.69. The third-order valence-corrected chi connectivity index (χ3v) is 7.46. The molecule has 0 saturated carbocycles. The first kappa shape index (κ1) is 29.0. The lowest BCUT2D eigenvalue weighted by Gasteiger charge is -2.54. The molecule has 0 bridgehead atoms. The van der Waals surface area contributed by atoms with Crippen molar-refractivity contribution >= 4 is 8.32 Å². The van der Waals surface area contributed by atoms with E-state index >= 15 is 0 Å². The minimum Gasteiger partial charge on any atom is -0.497 e. The van der Waals surface area contributed by atoms with E-state index in [1.165, 1.54) is 0 Å². The van der Waals surface area contributed by atoms with Crippen molar-refractivity contribution in [3.8, 4) is 5.75 Å². The molecule has 6 nitrogen and oxygen atoms in total. The number of aliphatic hydroxyl groups is 1. The highest BCUT2D eigenvalue weighted by Gasteiger charge is 2.56. The summed E-state index contributed by atoms with van der Waals surface area (Å²) < 4.78 is 30.8. The Morgan fingerprint density at radius 3 is 2.47 bits per heavy atom. The fourth-order valence-corrected chi connectivity index (χ4v) is 6.40. The number of ether oxygens (including phenoxy) is 4. The summed E-state index contributed by atoms with van der Waals surface area (Å²) in [5, 5.41) is 9.13. The Bertz CT molecular complexity index is 746. The Hall–Kier alpha value is -1.22. The van der Waals surface area contributed by atoms with Gasteiger partial charge in [0.15, 0.2) is 14.1 Å². The van der Waals surface area contributed by atoms with E-state index in [0.29, 0.717) is 19.6 Å². The second-order valence-electron chi connectivity index (χ2n) is 10.5. The van der Waals surface area contributed by atoms with E-state index in [1.807, 2.05) is 24.3 Å². The number of benzene rings is 1. The first-order valence-electron chi connectivity index (χ1n) is 12.5. The van der Waals surface area contributed by atoms with Crippen LogP contribution in [0.1, 0.15) is 57.4 Å². The summed E-state index contributed by atoms with van der Waals surface area (Å²) in [6.45, 7) is 14.3. The molecule has 194 valence electrons. The van der Waals surface area contributed by atoms with Gasteiger partial charge in [-0.25, -0.2) is 0 Å². The molecule has 1 N–H and O–H groups in total. The van der Waals surface area contributed by atoms with Crippen LogP contribution in [0.5, 0.6) is 5.75 Å². The van der Waals surface area contributed by atoms with E-state index in [4.69, 9.17) is 28.5 Å². The van der Waals surface area contributed by atoms with E-state index < -0.39 is 19.7 Å². The molecule has 0 aliphatic carbocycles. The SMILES string of the molecule is C=C(CCCO)C[C@@H]1CC[C@@](C)(O[Si](C)(C)C)[C@@](CCCOCc2ccc(OC)cc2)(OC)O1. The molecule has 34 heavy (non-hydrogen) atoms. The highest BCUT2D eigenvalue weighted by Crippen LogP contribution is 2.46. The molecule has 0 spiro atoms. The topological polar surface area (TPSA) is 66.4 Å². The first-order chi connectivity index (χ1) is 16.1. The van der Waals surface area contributed by atoms with E-state index in [1.54, 1.807) is 14.2 Å². The van der Waals surface area contributed by atoms with Gasteiger partial charge in [-0.05, 0) is 82.8 Å². The normalized spacial score (nSPS) is 25.3. The predicted octanol–water partition coefficient (Wildman–Crippen LogP) is 5.84. The van der Waals surface area contributed by atoms with Crippen LogP contribution >= 0.6 is 0 Å². The maximum absolute atomic E-state index is 9.13. The summed E-state index contributed by atoms with van der Waals surface area (Å²) in [6, 6.07) is 7.93. The third kappa shape index (κ3) is 8.47.